The molecular weight excluding hydrogens is 456 g/mol. The van der Waals surface area contributed by atoms with Gasteiger partial charge in [0.1, 0.15) is 38.2 Å². The van der Waals surface area contributed by atoms with E-state index in [2.05, 4.69) is 31.9 Å². The predicted octanol–water partition coefficient (Wildman–Crippen LogP) is 4.55. The molecule has 0 fully saturated rings. The van der Waals surface area contributed by atoms with Gasteiger partial charge in [-0.2, -0.15) is 0 Å². The summed E-state index contributed by atoms with van der Waals surface area (Å²) in [5.74, 6) is 1.99. The van der Waals surface area contributed by atoms with Crippen LogP contribution in [0.2, 0.25) is 0 Å². The third-order valence-corrected chi connectivity index (χ3v) is 5.69. The first-order chi connectivity index (χ1) is 12.0. The van der Waals surface area contributed by atoms with Crippen LogP contribution in [0.3, 0.4) is 0 Å². The van der Waals surface area contributed by atoms with Crippen molar-refractivity contribution in [2.75, 3.05) is 21.3 Å². The number of ketones is 1. The second-order valence-corrected chi connectivity index (χ2v) is 7.16. The van der Waals surface area contributed by atoms with Crippen LogP contribution in [-0.4, -0.2) is 31.9 Å². The summed E-state index contributed by atoms with van der Waals surface area (Å²) in [6.45, 7) is 0. The number of Topliss-reactive ketones (excluding diaryl/α,β-unsaturated/α-hetero) is 1. The average Bonchev–Trinajstić information content (AvgIpc) is 2.65. The van der Waals surface area contributed by atoms with Crippen LogP contribution in [0.25, 0.3) is 0 Å². The number of hydrogen-bond acceptors (Lipinski definition) is 5. The fourth-order valence-corrected chi connectivity index (χ4v) is 3.94. The minimum atomic E-state index is -0.539. The predicted molar refractivity (Wildman–Crippen MR) is 101 cm³/mol. The number of fused-ring (bicyclic) bond motifs is 1. The Balaban J connectivity index is 2.10. The van der Waals surface area contributed by atoms with Crippen LogP contribution >= 0.6 is 31.9 Å². The maximum Gasteiger partial charge on any atom is 0.188 e. The number of carbonyl (C=O) groups excluding carboxylic acids is 1. The zero-order valence-electron chi connectivity index (χ0n) is 13.8. The van der Waals surface area contributed by atoms with Gasteiger partial charge in [0.2, 0.25) is 0 Å². The minimum absolute atomic E-state index is 0.109. The Morgan fingerprint density at radius 1 is 1.00 bits per heavy atom. The van der Waals surface area contributed by atoms with Crippen LogP contribution in [0, 0.1) is 0 Å². The van der Waals surface area contributed by atoms with E-state index in [-0.39, 0.29) is 5.78 Å². The van der Waals surface area contributed by atoms with E-state index in [9.17, 15) is 4.79 Å². The number of ether oxygens (including phenoxy) is 4. The second kappa shape index (κ2) is 7.25. The molecule has 2 atom stereocenters. The summed E-state index contributed by atoms with van der Waals surface area (Å²) in [6, 6.07) is 9.08. The van der Waals surface area contributed by atoms with Gasteiger partial charge in [-0.1, -0.05) is 28.1 Å². The Bertz CT molecular complexity index is 804. The largest absolute Gasteiger partial charge is 0.497 e. The van der Waals surface area contributed by atoms with Crippen LogP contribution in [0.4, 0.5) is 0 Å². The zero-order valence-corrected chi connectivity index (χ0v) is 17.0. The molecule has 0 bridgehead atoms. The van der Waals surface area contributed by atoms with Crippen molar-refractivity contribution in [3.63, 3.8) is 0 Å². The Kier molecular flexibility index (Phi) is 5.24. The van der Waals surface area contributed by atoms with E-state index in [1.165, 1.54) is 7.11 Å². The van der Waals surface area contributed by atoms with Gasteiger partial charge in [0, 0.05) is 6.07 Å². The van der Waals surface area contributed by atoms with Gasteiger partial charge in [0.05, 0.1) is 21.3 Å². The van der Waals surface area contributed by atoms with E-state index in [1.54, 1.807) is 20.3 Å². The molecule has 0 saturated carbocycles. The van der Waals surface area contributed by atoms with Gasteiger partial charge in [0.25, 0.3) is 0 Å². The lowest BCUT2D eigenvalue weighted by Gasteiger charge is -2.31. The summed E-state index contributed by atoms with van der Waals surface area (Å²) in [6.07, 6.45) is -0.487. The molecule has 0 N–H and O–H groups in total. The van der Waals surface area contributed by atoms with Gasteiger partial charge >= 0.3 is 0 Å². The molecule has 1 aliphatic rings. The van der Waals surface area contributed by atoms with Crippen LogP contribution in [0.5, 0.6) is 23.0 Å². The van der Waals surface area contributed by atoms with Gasteiger partial charge in [-0.05, 0) is 33.6 Å². The highest BCUT2D eigenvalue weighted by Gasteiger charge is 2.40. The zero-order chi connectivity index (χ0) is 18.1. The fraction of sp³-hybridized carbons (Fsp3) is 0.278. The Labute approximate surface area is 162 Å². The SMILES string of the molecule is COc1ccc(C2Oc3c(Br)c(OC)cc(OC)c3C(=O)C2Br)cc1. The molecule has 132 valence electrons. The maximum atomic E-state index is 13.0. The lowest BCUT2D eigenvalue weighted by atomic mass is 9.95. The van der Waals surface area contributed by atoms with Crippen molar-refractivity contribution in [2.45, 2.75) is 10.9 Å². The molecule has 2 unspecified atom stereocenters. The summed E-state index contributed by atoms with van der Waals surface area (Å²) in [5, 5.41) is 0. The summed E-state index contributed by atoms with van der Waals surface area (Å²) in [4.78, 5) is 12.4. The van der Waals surface area contributed by atoms with E-state index in [1.807, 2.05) is 24.3 Å². The molecule has 25 heavy (non-hydrogen) atoms. The number of halogens is 2. The Hall–Kier alpha value is -1.73. The van der Waals surface area contributed by atoms with Crippen LogP contribution in [0.1, 0.15) is 22.0 Å². The summed E-state index contributed by atoms with van der Waals surface area (Å²) in [5.41, 5.74) is 1.25. The lowest BCUT2D eigenvalue weighted by molar-refractivity contribution is 0.0865. The van der Waals surface area contributed by atoms with Crippen LogP contribution in [-0.2, 0) is 0 Å². The van der Waals surface area contributed by atoms with E-state index in [0.717, 1.165) is 11.3 Å². The smallest absolute Gasteiger partial charge is 0.188 e. The molecule has 7 heteroatoms. The third kappa shape index (κ3) is 3.11. The van der Waals surface area contributed by atoms with E-state index in [0.29, 0.717) is 27.3 Å². The maximum absolute atomic E-state index is 13.0. The van der Waals surface area contributed by atoms with Gasteiger partial charge in [-0.15, -0.1) is 0 Å². The summed E-state index contributed by atoms with van der Waals surface area (Å²) >= 11 is 6.95. The number of methoxy groups -OCH3 is 3. The van der Waals surface area contributed by atoms with E-state index < -0.39 is 10.9 Å². The first-order valence-electron chi connectivity index (χ1n) is 7.45. The van der Waals surface area contributed by atoms with Crippen molar-refractivity contribution in [3.8, 4) is 23.0 Å². The molecule has 0 aromatic heterocycles. The van der Waals surface area contributed by atoms with Crippen LogP contribution in [0.15, 0.2) is 34.8 Å². The number of hydrogen-bond donors (Lipinski definition) is 0. The van der Waals surface area contributed by atoms with Crippen molar-refractivity contribution in [1.82, 2.24) is 0 Å². The second-order valence-electron chi connectivity index (χ2n) is 5.38. The van der Waals surface area contributed by atoms with Crippen molar-refractivity contribution in [1.29, 1.82) is 0 Å². The summed E-state index contributed by atoms with van der Waals surface area (Å²) in [7, 11) is 4.66. The molecule has 0 aliphatic carbocycles. The lowest BCUT2D eigenvalue weighted by Crippen LogP contribution is -2.32. The van der Waals surface area contributed by atoms with E-state index >= 15 is 0 Å². The highest BCUT2D eigenvalue weighted by molar-refractivity contribution is 9.10. The molecule has 0 spiro atoms. The molecule has 3 rings (SSSR count). The molecule has 2 aromatic rings. The highest BCUT2D eigenvalue weighted by Crippen LogP contribution is 2.49. The van der Waals surface area contributed by atoms with Gasteiger partial charge in [-0.25, -0.2) is 0 Å². The Morgan fingerprint density at radius 2 is 1.64 bits per heavy atom. The molecule has 1 aliphatic heterocycles. The molecule has 0 radical (unpaired) electrons. The van der Waals surface area contributed by atoms with Crippen molar-refractivity contribution < 1.29 is 23.7 Å². The third-order valence-electron chi connectivity index (χ3n) is 4.04. The average molecular weight is 472 g/mol. The molecule has 1 heterocycles. The van der Waals surface area contributed by atoms with Gasteiger partial charge in [-0.3, -0.25) is 4.79 Å². The van der Waals surface area contributed by atoms with Crippen molar-refractivity contribution in [3.05, 3.63) is 45.9 Å². The first-order valence-corrected chi connectivity index (χ1v) is 9.16. The number of rotatable bonds is 4. The number of alkyl halides is 1. The monoisotopic (exact) mass is 470 g/mol. The van der Waals surface area contributed by atoms with Crippen molar-refractivity contribution >= 4 is 37.6 Å². The van der Waals surface area contributed by atoms with Gasteiger partial charge < -0.3 is 18.9 Å². The molecular formula is C18H16Br2O5. The Morgan fingerprint density at radius 3 is 2.20 bits per heavy atom. The minimum Gasteiger partial charge on any atom is -0.497 e. The normalized spacial score (nSPS) is 19.0. The molecule has 5 nitrogen and oxygen atoms in total. The van der Waals surface area contributed by atoms with Gasteiger partial charge in [0.15, 0.2) is 11.5 Å². The molecule has 2 aromatic carbocycles. The fourth-order valence-electron chi connectivity index (χ4n) is 2.73. The quantitative estimate of drug-likeness (QED) is 0.612. The number of carbonyl (C=O) groups is 1. The standard InChI is InChI=1S/C18H16Br2O5/c1-22-10-6-4-9(5-7-10)17-15(20)16(21)13-11(23-2)8-12(24-3)14(19)18(13)25-17/h4-8,15,17H,1-3H3. The van der Waals surface area contributed by atoms with E-state index in [4.69, 9.17) is 18.9 Å². The summed E-state index contributed by atoms with van der Waals surface area (Å²) < 4.78 is 22.6. The first kappa shape index (κ1) is 18.1. The van der Waals surface area contributed by atoms with Crippen LogP contribution < -0.4 is 18.9 Å². The number of benzene rings is 2. The topological polar surface area (TPSA) is 54.0 Å². The highest BCUT2D eigenvalue weighted by atomic mass is 79.9. The molecule has 0 saturated heterocycles. The molecule has 0 amide bonds. The van der Waals surface area contributed by atoms with Crippen molar-refractivity contribution in [2.24, 2.45) is 0 Å².